The summed E-state index contributed by atoms with van der Waals surface area (Å²) in [6, 6.07) is 7.01. The number of carboxylic acid groups (broad SMARTS) is 1. The lowest BCUT2D eigenvalue weighted by Gasteiger charge is -2.06. The van der Waals surface area contributed by atoms with Crippen LogP contribution in [-0.2, 0) is 0 Å². The molecule has 3 N–H and O–H groups in total. The summed E-state index contributed by atoms with van der Waals surface area (Å²) in [5, 5.41) is 11.6. The number of anilines is 2. The number of ether oxygens (including phenoxy) is 1. The molecule has 1 heterocycles. The highest BCUT2D eigenvalue weighted by Gasteiger charge is 2.09. The topological polar surface area (TPSA) is 104 Å². The minimum absolute atomic E-state index is 0.156. The molecule has 0 bridgehead atoms. The van der Waals surface area contributed by atoms with E-state index in [1.807, 2.05) is 0 Å². The fourth-order valence-corrected chi connectivity index (χ4v) is 1.45. The molecular weight excluding hydrogens is 250 g/mol. The van der Waals surface area contributed by atoms with E-state index in [9.17, 15) is 9.59 Å². The number of carbonyl (C=O) groups is 1. The lowest BCUT2D eigenvalue weighted by Crippen LogP contribution is -2.19. The van der Waals surface area contributed by atoms with Crippen LogP contribution in [0.5, 0.6) is 5.75 Å². The molecule has 1 aromatic heterocycles. The van der Waals surface area contributed by atoms with Gasteiger partial charge in [0.1, 0.15) is 11.3 Å². The van der Waals surface area contributed by atoms with Crippen molar-refractivity contribution in [3.63, 3.8) is 0 Å². The number of carboxylic acids is 1. The number of aromatic nitrogens is 2. The third-order valence-corrected chi connectivity index (χ3v) is 2.36. The number of H-pyrrole nitrogens is 1. The zero-order valence-corrected chi connectivity index (χ0v) is 10.0. The summed E-state index contributed by atoms with van der Waals surface area (Å²) in [6.07, 6.45) is 1.00. The molecule has 0 aliphatic carbocycles. The first-order chi connectivity index (χ1) is 9.10. The maximum Gasteiger partial charge on any atom is 0.342 e. The summed E-state index contributed by atoms with van der Waals surface area (Å²) < 4.78 is 5.06. The van der Waals surface area contributed by atoms with Gasteiger partial charge in [-0.2, -0.15) is 0 Å². The number of aromatic amines is 1. The van der Waals surface area contributed by atoms with Crippen molar-refractivity contribution < 1.29 is 14.6 Å². The number of hydrogen-bond donors (Lipinski definition) is 3. The monoisotopic (exact) mass is 261 g/mol. The number of aromatic carboxylic acids is 1. The molecule has 0 aliphatic rings. The van der Waals surface area contributed by atoms with Crippen molar-refractivity contribution in [2.45, 2.75) is 0 Å². The largest absolute Gasteiger partial charge is 0.497 e. The standard InChI is InChI=1S/C12H11N3O4/c1-19-8-4-2-3-7(5-8)14-12-13-6-9(11(17)18)10(16)15-12/h2-6H,1H3,(H,17,18)(H2,13,14,15,16). The van der Waals surface area contributed by atoms with Gasteiger partial charge < -0.3 is 15.2 Å². The fraction of sp³-hybridized carbons (Fsp3) is 0.0833. The van der Waals surface area contributed by atoms with Gasteiger partial charge in [0.2, 0.25) is 5.95 Å². The van der Waals surface area contributed by atoms with Crippen LogP contribution >= 0.6 is 0 Å². The van der Waals surface area contributed by atoms with Gasteiger partial charge in [-0.25, -0.2) is 9.78 Å². The molecular formula is C12H11N3O4. The lowest BCUT2D eigenvalue weighted by molar-refractivity contribution is 0.0694. The van der Waals surface area contributed by atoms with Gasteiger partial charge >= 0.3 is 5.97 Å². The van der Waals surface area contributed by atoms with Crippen LogP contribution in [-0.4, -0.2) is 28.2 Å². The first kappa shape index (κ1) is 12.6. The van der Waals surface area contributed by atoms with Gasteiger partial charge in [0.25, 0.3) is 5.56 Å². The third-order valence-electron chi connectivity index (χ3n) is 2.36. The summed E-state index contributed by atoms with van der Waals surface area (Å²) in [7, 11) is 1.54. The number of rotatable bonds is 4. The van der Waals surface area contributed by atoms with Crippen LogP contribution in [0, 0.1) is 0 Å². The summed E-state index contributed by atoms with van der Waals surface area (Å²) in [5.74, 6) is -0.514. The molecule has 7 nitrogen and oxygen atoms in total. The van der Waals surface area contributed by atoms with Crippen molar-refractivity contribution >= 4 is 17.6 Å². The SMILES string of the molecule is COc1cccc(Nc2ncc(C(=O)O)c(=O)[nH]2)c1. The Kier molecular flexibility index (Phi) is 3.46. The van der Waals surface area contributed by atoms with E-state index in [1.54, 1.807) is 31.4 Å². The highest BCUT2D eigenvalue weighted by molar-refractivity contribution is 5.86. The number of methoxy groups -OCH3 is 1. The number of nitrogens with zero attached hydrogens (tertiary/aromatic N) is 1. The van der Waals surface area contributed by atoms with Gasteiger partial charge in [-0.05, 0) is 12.1 Å². The Labute approximate surface area is 107 Å². The minimum atomic E-state index is -1.32. The van der Waals surface area contributed by atoms with Crippen molar-refractivity contribution in [1.82, 2.24) is 9.97 Å². The molecule has 98 valence electrons. The predicted octanol–water partition coefficient (Wildman–Crippen LogP) is 1.22. The van der Waals surface area contributed by atoms with Crippen LogP contribution in [0.2, 0.25) is 0 Å². The normalized spacial score (nSPS) is 9.95. The van der Waals surface area contributed by atoms with Crippen LogP contribution < -0.4 is 15.6 Å². The van der Waals surface area contributed by atoms with Gasteiger partial charge in [0.05, 0.1) is 13.3 Å². The van der Waals surface area contributed by atoms with Crippen molar-refractivity contribution in [3.8, 4) is 5.75 Å². The maximum absolute atomic E-state index is 11.5. The molecule has 2 rings (SSSR count). The molecule has 0 aliphatic heterocycles. The van der Waals surface area contributed by atoms with E-state index in [-0.39, 0.29) is 5.95 Å². The van der Waals surface area contributed by atoms with Gasteiger partial charge in [-0.1, -0.05) is 6.07 Å². The average molecular weight is 261 g/mol. The zero-order chi connectivity index (χ0) is 13.8. The summed E-state index contributed by atoms with van der Waals surface area (Å²) in [4.78, 5) is 28.3. The Hall–Kier alpha value is -2.83. The second kappa shape index (κ2) is 5.21. The van der Waals surface area contributed by atoms with Crippen LogP contribution in [0.25, 0.3) is 0 Å². The zero-order valence-electron chi connectivity index (χ0n) is 10.0. The first-order valence-corrected chi connectivity index (χ1v) is 5.34. The predicted molar refractivity (Wildman–Crippen MR) is 68.1 cm³/mol. The van der Waals surface area contributed by atoms with E-state index in [1.165, 1.54) is 0 Å². The van der Waals surface area contributed by atoms with Gasteiger partial charge in [0.15, 0.2) is 0 Å². The molecule has 0 saturated heterocycles. The van der Waals surface area contributed by atoms with Crippen molar-refractivity contribution in [3.05, 3.63) is 46.4 Å². The molecule has 2 aromatic rings. The average Bonchev–Trinajstić information content (AvgIpc) is 2.38. The van der Waals surface area contributed by atoms with E-state index < -0.39 is 17.1 Å². The Bertz CT molecular complexity index is 666. The Morgan fingerprint density at radius 1 is 1.47 bits per heavy atom. The first-order valence-electron chi connectivity index (χ1n) is 5.34. The molecule has 0 spiro atoms. The molecule has 0 saturated carbocycles. The van der Waals surface area contributed by atoms with E-state index >= 15 is 0 Å². The van der Waals surface area contributed by atoms with Crippen molar-refractivity contribution in [1.29, 1.82) is 0 Å². The second-order valence-electron chi connectivity index (χ2n) is 3.64. The van der Waals surface area contributed by atoms with Gasteiger partial charge in [-0.3, -0.25) is 9.78 Å². The molecule has 0 radical (unpaired) electrons. The summed E-state index contributed by atoms with van der Waals surface area (Å²) in [5.41, 5.74) is -0.463. The molecule has 1 aromatic carbocycles. The highest BCUT2D eigenvalue weighted by Crippen LogP contribution is 2.18. The molecule has 0 unspecified atom stereocenters. The lowest BCUT2D eigenvalue weighted by atomic mass is 10.3. The summed E-state index contributed by atoms with van der Waals surface area (Å²) in [6.45, 7) is 0. The van der Waals surface area contributed by atoms with E-state index in [0.717, 1.165) is 6.20 Å². The molecule has 0 atom stereocenters. The van der Waals surface area contributed by atoms with Crippen molar-refractivity contribution in [2.75, 3.05) is 12.4 Å². The number of hydrogen-bond acceptors (Lipinski definition) is 5. The highest BCUT2D eigenvalue weighted by atomic mass is 16.5. The number of benzene rings is 1. The Morgan fingerprint density at radius 3 is 2.89 bits per heavy atom. The van der Waals surface area contributed by atoms with Crippen LogP contribution in [0.3, 0.4) is 0 Å². The number of nitrogens with one attached hydrogen (secondary N) is 2. The third kappa shape index (κ3) is 2.89. The van der Waals surface area contributed by atoms with E-state index in [0.29, 0.717) is 11.4 Å². The summed E-state index contributed by atoms with van der Waals surface area (Å²) >= 11 is 0. The molecule has 0 fully saturated rings. The smallest absolute Gasteiger partial charge is 0.342 e. The van der Waals surface area contributed by atoms with Crippen LogP contribution in [0.15, 0.2) is 35.3 Å². The molecule has 0 amide bonds. The fourth-order valence-electron chi connectivity index (χ4n) is 1.45. The minimum Gasteiger partial charge on any atom is -0.497 e. The maximum atomic E-state index is 11.5. The van der Waals surface area contributed by atoms with E-state index in [2.05, 4.69) is 15.3 Å². The van der Waals surface area contributed by atoms with Gasteiger partial charge in [-0.15, -0.1) is 0 Å². The molecule has 19 heavy (non-hydrogen) atoms. The Morgan fingerprint density at radius 2 is 2.26 bits per heavy atom. The van der Waals surface area contributed by atoms with Crippen LogP contribution in [0.4, 0.5) is 11.6 Å². The molecule has 7 heteroatoms. The quantitative estimate of drug-likeness (QED) is 0.764. The Balaban J connectivity index is 2.26. The van der Waals surface area contributed by atoms with Gasteiger partial charge in [0, 0.05) is 11.8 Å². The van der Waals surface area contributed by atoms with Crippen molar-refractivity contribution in [2.24, 2.45) is 0 Å². The van der Waals surface area contributed by atoms with E-state index in [4.69, 9.17) is 9.84 Å². The van der Waals surface area contributed by atoms with Crippen LogP contribution in [0.1, 0.15) is 10.4 Å². The second-order valence-corrected chi connectivity index (χ2v) is 3.64.